The summed E-state index contributed by atoms with van der Waals surface area (Å²) in [5, 5.41) is 4.03. The molecule has 0 spiro atoms. The molecule has 3 heteroatoms. The Hall–Kier alpha value is -0.860. The topological polar surface area (TPSA) is 41.5 Å². The van der Waals surface area contributed by atoms with Crippen molar-refractivity contribution in [1.29, 1.82) is 0 Å². The molecule has 0 rings (SSSR count). The second-order valence-corrected chi connectivity index (χ2v) is 7.12. The van der Waals surface area contributed by atoms with Gasteiger partial charge in [-0.25, -0.2) is 5.43 Å². The third kappa shape index (κ3) is 13.6. The van der Waals surface area contributed by atoms with E-state index in [9.17, 15) is 4.79 Å². The van der Waals surface area contributed by atoms with Gasteiger partial charge in [0, 0.05) is 12.6 Å². The zero-order valence-corrected chi connectivity index (χ0v) is 14.2. The smallest absolute Gasteiger partial charge is 0.240 e. The van der Waals surface area contributed by atoms with E-state index in [2.05, 4.69) is 45.1 Å². The molecule has 1 atom stereocenters. The minimum atomic E-state index is 0.0428. The summed E-state index contributed by atoms with van der Waals surface area (Å²) >= 11 is 0. The monoisotopic (exact) mass is 282 g/mol. The molecule has 0 fully saturated rings. The van der Waals surface area contributed by atoms with Crippen LogP contribution in [-0.2, 0) is 4.79 Å². The summed E-state index contributed by atoms with van der Waals surface area (Å²) < 4.78 is 0. The lowest BCUT2D eigenvalue weighted by Gasteiger charge is -2.21. The number of nitrogens with one attached hydrogen (secondary N) is 1. The molecule has 1 amide bonds. The summed E-state index contributed by atoms with van der Waals surface area (Å²) in [4.78, 5) is 11.5. The first kappa shape index (κ1) is 19.1. The Balaban J connectivity index is 3.61. The van der Waals surface area contributed by atoms with Gasteiger partial charge in [0.1, 0.15) is 0 Å². The highest BCUT2D eigenvalue weighted by Crippen LogP contribution is 2.25. The highest BCUT2D eigenvalue weighted by molar-refractivity contribution is 5.76. The molecule has 0 aliphatic rings. The number of amides is 1. The summed E-state index contributed by atoms with van der Waals surface area (Å²) in [6.45, 7) is 11.2. The Labute approximate surface area is 125 Å². The van der Waals surface area contributed by atoms with Crippen LogP contribution in [0.15, 0.2) is 5.10 Å². The van der Waals surface area contributed by atoms with Crippen molar-refractivity contribution in [2.24, 2.45) is 16.4 Å². The van der Waals surface area contributed by atoms with Crippen molar-refractivity contribution >= 4 is 12.1 Å². The molecule has 0 aromatic rings. The average molecular weight is 282 g/mol. The summed E-state index contributed by atoms with van der Waals surface area (Å²) in [5.74, 6) is 0.644. The number of hydrazone groups is 1. The van der Waals surface area contributed by atoms with E-state index in [0.717, 1.165) is 19.3 Å². The van der Waals surface area contributed by atoms with E-state index in [4.69, 9.17) is 0 Å². The Bertz CT molecular complexity index is 279. The van der Waals surface area contributed by atoms with E-state index in [-0.39, 0.29) is 5.91 Å². The molecule has 0 aliphatic carbocycles. The Morgan fingerprint density at radius 3 is 2.45 bits per heavy atom. The predicted molar refractivity (Wildman–Crippen MR) is 87.9 cm³/mol. The van der Waals surface area contributed by atoms with Gasteiger partial charge in [0.05, 0.1) is 0 Å². The van der Waals surface area contributed by atoms with Crippen LogP contribution in [0.3, 0.4) is 0 Å². The van der Waals surface area contributed by atoms with Crippen LogP contribution in [0.2, 0.25) is 0 Å². The van der Waals surface area contributed by atoms with Gasteiger partial charge >= 0.3 is 0 Å². The van der Waals surface area contributed by atoms with Gasteiger partial charge in [0.2, 0.25) is 5.91 Å². The van der Waals surface area contributed by atoms with Crippen LogP contribution in [0, 0.1) is 11.3 Å². The van der Waals surface area contributed by atoms with Crippen molar-refractivity contribution in [2.75, 3.05) is 0 Å². The summed E-state index contributed by atoms with van der Waals surface area (Å²) in [6.07, 6.45) is 10.4. The lowest BCUT2D eigenvalue weighted by atomic mass is 9.84. The number of hydrogen-bond acceptors (Lipinski definition) is 2. The number of rotatable bonds is 10. The predicted octanol–water partition coefficient (Wildman–Crippen LogP) is 4.91. The standard InChI is InChI=1S/C17H34N2O/c1-6-7-8-9-10-11-16(20)19-18-13-12-15(2)14-17(3,4)5/h13,15H,6-12,14H2,1-5H3,(H,19,20)/b18-13+. The molecule has 20 heavy (non-hydrogen) atoms. The molecule has 118 valence electrons. The van der Waals surface area contributed by atoms with Gasteiger partial charge in [-0.05, 0) is 30.6 Å². The molecule has 0 saturated carbocycles. The summed E-state index contributed by atoms with van der Waals surface area (Å²) in [6, 6.07) is 0. The maximum absolute atomic E-state index is 11.5. The van der Waals surface area contributed by atoms with Crippen molar-refractivity contribution in [1.82, 2.24) is 5.43 Å². The number of carbonyl (C=O) groups is 1. The van der Waals surface area contributed by atoms with Crippen LogP contribution >= 0.6 is 0 Å². The van der Waals surface area contributed by atoms with Crippen LogP contribution in [0.1, 0.15) is 86.0 Å². The fourth-order valence-corrected chi connectivity index (χ4v) is 2.42. The molecule has 0 bridgehead atoms. The van der Waals surface area contributed by atoms with E-state index in [1.807, 2.05) is 6.21 Å². The zero-order valence-electron chi connectivity index (χ0n) is 14.2. The SMILES string of the molecule is CCCCCCCC(=O)N/N=C/CC(C)CC(C)(C)C. The van der Waals surface area contributed by atoms with E-state index < -0.39 is 0 Å². The van der Waals surface area contributed by atoms with Crippen LogP contribution in [0.5, 0.6) is 0 Å². The maximum Gasteiger partial charge on any atom is 0.240 e. The van der Waals surface area contributed by atoms with Crippen LogP contribution in [-0.4, -0.2) is 12.1 Å². The van der Waals surface area contributed by atoms with Crippen molar-refractivity contribution < 1.29 is 4.79 Å². The zero-order chi connectivity index (χ0) is 15.4. The second kappa shape index (κ2) is 10.9. The van der Waals surface area contributed by atoms with Gasteiger partial charge in [-0.15, -0.1) is 0 Å². The molecule has 0 aromatic carbocycles. The first-order valence-corrected chi connectivity index (χ1v) is 8.15. The maximum atomic E-state index is 11.5. The fraction of sp³-hybridized carbons (Fsp3) is 0.882. The molecule has 0 heterocycles. The summed E-state index contributed by atoms with van der Waals surface area (Å²) in [7, 11) is 0. The fourth-order valence-electron chi connectivity index (χ4n) is 2.42. The second-order valence-electron chi connectivity index (χ2n) is 7.12. The summed E-state index contributed by atoms with van der Waals surface area (Å²) in [5.41, 5.74) is 2.98. The van der Waals surface area contributed by atoms with Crippen LogP contribution < -0.4 is 5.43 Å². The highest BCUT2D eigenvalue weighted by Gasteiger charge is 2.14. The Kier molecular flexibility index (Phi) is 10.4. The van der Waals surface area contributed by atoms with Crippen LogP contribution in [0.25, 0.3) is 0 Å². The van der Waals surface area contributed by atoms with Gasteiger partial charge in [0.15, 0.2) is 0 Å². The van der Waals surface area contributed by atoms with Gasteiger partial charge in [-0.2, -0.15) is 5.10 Å². The van der Waals surface area contributed by atoms with E-state index in [1.165, 1.54) is 25.7 Å². The Morgan fingerprint density at radius 2 is 1.85 bits per heavy atom. The van der Waals surface area contributed by atoms with E-state index >= 15 is 0 Å². The normalized spacial score (nSPS) is 13.7. The first-order valence-electron chi connectivity index (χ1n) is 8.15. The van der Waals surface area contributed by atoms with Gasteiger partial charge in [-0.1, -0.05) is 60.3 Å². The van der Waals surface area contributed by atoms with Crippen molar-refractivity contribution in [2.45, 2.75) is 86.0 Å². The van der Waals surface area contributed by atoms with Gasteiger partial charge in [0.25, 0.3) is 0 Å². The Morgan fingerprint density at radius 1 is 1.20 bits per heavy atom. The molecule has 0 aliphatic heterocycles. The molecule has 0 saturated heterocycles. The van der Waals surface area contributed by atoms with Crippen molar-refractivity contribution in [3.8, 4) is 0 Å². The third-order valence-corrected chi connectivity index (χ3v) is 3.26. The molecule has 1 N–H and O–H groups in total. The lowest BCUT2D eigenvalue weighted by Crippen LogP contribution is -2.17. The molecule has 3 nitrogen and oxygen atoms in total. The van der Waals surface area contributed by atoms with Crippen molar-refractivity contribution in [3.63, 3.8) is 0 Å². The van der Waals surface area contributed by atoms with Gasteiger partial charge in [-0.3, -0.25) is 4.79 Å². The van der Waals surface area contributed by atoms with Crippen molar-refractivity contribution in [3.05, 3.63) is 0 Å². The first-order chi connectivity index (χ1) is 9.35. The minimum Gasteiger partial charge on any atom is -0.273 e. The largest absolute Gasteiger partial charge is 0.273 e. The molecule has 0 aromatic heterocycles. The third-order valence-electron chi connectivity index (χ3n) is 3.26. The minimum absolute atomic E-state index is 0.0428. The molecule has 1 unspecified atom stereocenters. The average Bonchev–Trinajstić information content (AvgIpc) is 2.32. The van der Waals surface area contributed by atoms with Crippen LogP contribution in [0.4, 0.5) is 0 Å². The number of hydrogen-bond donors (Lipinski definition) is 1. The van der Waals surface area contributed by atoms with Gasteiger partial charge < -0.3 is 0 Å². The number of unbranched alkanes of at least 4 members (excludes halogenated alkanes) is 4. The molecular weight excluding hydrogens is 248 g/mol. The van der Waals surface area contributed by atoms with E-state index in [1.54, 1.807) is 0 Å². The lowest BCUT2D eigenvalue weighted by molar-refractivity contribution is -0.121. The highest BCUT2D eigenvalue weighted by atomic mass is 16.2. The molecule has 0 radical (unpaired) electrons. The number of nitrogens with zero attached hydrogens (tertiary/aromatic N) is 1. The quantitative estimate of drug-likeness (QED) is 0.345. The molecular formula is C17H34N2O. The number of carbonyl (C=O) groups excluding carboxylic acids is 1. The van der Waals surface area contributed by atoms with E-state index in [0.29, 0.717) is 17.8 Å².